The fourth-order valence-corrected chi connectivity index (χ4v) is 2.03. The largest absolute Gasteiger partial charge is 0.306 e. The van der Waals surface area contributed by atoms with Gasteiger partial charge in [-0.1, -0.05) is 18.2 Å². The molecule has 3 nitrogen and oxygen atoms in total. The Balaban J connectivity index is 2.11. The van der Waals surface area contributed by atoms with Gasteiger partial charge in [-0.3, -0.25) is 4.79 Å². The summed E-state index contributed by atoms with van der Waals surface area (Å²) in [5.41, 5.74) is 0.627. The summed E-state index contributed by atoms with van der Waals surface area (Å²) in [5, 5.41) is 4.49. The lowest BCUT2D eigenvalue weighted by molar-refractivity contribution is 0.102. The van der Waals surface area contributed by atoms with Gasteiger partial charge in [-0.25, -0.2) is 4.98 Å². The zero-order valence-electron chi connectivity index (χ0n) is 7.61. The van der Waals surface area contributed by atoms with Crippen LogP contribution in [0.25, 0.3) is 0 Å². The van der Waals surface area contributed by atoms with Crippen LogP contribution in [0, 0.1) is 0 Å². The lowest BCUT2D eigenvalue weighted by atomic mass is 10.2. The van der Waals surface area contributed by atoms with E-state index in [-0.39, 0.29) is 5.91 Å². The Hall–Kier alpha value is -1.20. The summed E-state index contributed by atoms with van der Waals surface area (Å²) in [6.45, 7) is 0. The molecule has 1 aromatic heterocycles. The monoisotopic (exact) mass is 282 g/mol. The molecule has 0 radical (unpaired) electrons. The summed E-state index contributed by atoms with van der Waals surface area (Å²) in [5.74, 6) is 0.425. The minimum absolute atomic E-state index is 0.145. The highest BCUT2D eigenvalue weighted by Gasteiger charge is 2.06. The number of hydrogen-bond acceptors (Lipinski definition) is 3. The Bertz CT molecular complexity index is 469. The molecule has 1 amide bonds. The quantitative estimate of drug-likeness (QED) is 0.919. The van der Waals surface area contributed by atoms with E-state index in [0.717, 1.165) is 3.92 Å². The topological polar surface area (TPSA) is 42.0 Å². The molecule has 2 aromatic rings. The van der Waals surface area contributed by atoms with Gasteiger partial charge in [0.15, 0.2) is 3.92 Å². The highest BCUT2D eigenvalue weighted by molar-refractivity contribution is 9.11. The van der Waals surface area contributed by atoms with Crippen molar-refractivity contribution in [3.05, 3.63) is 45.2 Å². The molecule has 0 fully saturated rings. The van der Waals surface area contributed by atoms with Crippen LogP contribution in [0.4, 0.5) is 5.82 Å². The van der Waals surface area contributed by atoms with Crippen molar-refractivity contribution in [2.24, 2.45) is 0 Å². The van der Waals surface area contributed by atoms with E-state index in [4.69, 9.17) is 0 Å². The first-order valence-corrected chi connectivity index (χ1v) is 5.90. The van der Waals surface area contributed by atoms with Crippen molar-refractivity contribution in [3.8, 4) is 0 Å². The summed E-state index contributed by atoms with van der Waals surface area (Å²) < 4.78 is 0.755. The number of amides is 1. The molecular formula is C10H7BrN2OS. The molecule has 5 heteroatoms. The van der Waals surface area contributed by atoms with Crippen molar-refractivity contribution < 1.29 is 4.79 Å². The average molecular weight is 283 g/mol. The highest BCUT2D eigenvalue weighted by atomic mass is 79.9. The lowest BCUT2D eigenvalue weighted by Crippen LogP contribution is -2.11. The van der Waals surface area contributed by atoms with E-state index in [0.29, 0.717) is 11.4 Å². The maximum absolute atomic E-state index is 11.7. The fraction of sp³-hybridized carbons (Fsp3) is 0. The van der Waals surface area contributed by atoms with Gasteiger partial charge in [0, 0.05) is 10.9 Å². The molecule has 0 atom stereocenters. The SMILES string of the molecule is O=C(Nc1csc(Br)n1)c1ccccc1. The Morgan fingerprint density at radius 1 is 1.33 bits per heavy atom. The summed E-state index contributed by atoms with van der Waals surface area (Å²) in [6.07, 6.45) is 0. The first-order valence-electron chi connectivity index (χ1n) is 4.23. The predicted octanol–water partition coefficient (Wildman–Crippen LogP) is 3.16. The van der Waals surface area contributed by atoms with E-state index in [1.165, 1.54) is 11.3 Å². The molecule has 76 valence electrons. The summed E-state index contributed by atoms with van der Waals surface area (Å²) in [4.78, 5) is 15.7. The Labute approximate surface area is 99.3 Å². The number of carbonyl (C=O) groups excluding carboxylic acids is 1. The van der Waals surface area contributed by atoms with Crippen molar-refractivity contribution in [1.82, 2.24) is 4.98 Å². The Kier molecular flexibility index (Phi) is 3.13. The molecule has 0 aliphatic heterocycles. The molecule has 0 aliphatic carbocycles. The smallest absolute Gasteiger partial charge is 0.256 e. The van der Waals surface area contributed by atoms with Crippen molar-refractivity contribution in [3.63, 3.8) is 0 Å². The van der Waals surface area contributed by atoms with Crippen LogP contribution in [0.5, 0.6) is 0 Å². The van der Waals surface area contributed by atoms with Crippen molar-refractivity contribution in [1.29, 1.82) is 0 Å². The van der Waals surface area contributed by atoms with Gasteiger partial charge in [0.2, 0.25) is 0 Å². The summed E-state index contributed by atoms with van der Waals surface area (Å²) in [6, 6.07) is 9.04. The molecule has 1 aromatic carbocycles. The van der Waals surface area contributed by atoms with Crippen LogP contribution in [0.15, 0.2) is 39.6 Å². The number of carbonyl (C=O) groups is 1. The molecule has 0 saturated carbocycles. The third kappa shape index (κ3) is 2.64. The first-order chi connectivity index (χ1) is 7.25. The fourth-order valence-electron chi connectivity index (χ4n) is 1.09. The van der Waals surface area contributed by atoms with Crippen LogP contribution in [-0.2, 0) is 0 Å². The van der Waals surface area contributed by atoms with Crippen LogP contribution in [0.1, 0.15) is 10.4 Å². The number of hydrogen-bond donors (Lipinski definition) is 1. The van der Waals surface area contributed by atoms with Crippen molar-refractivity contribution in [2.45, 2.75) is 0 Å². The summed E-state index contributed by atoms with van der Waals surface area (Å²) >= 11 is 4.67. The van der Waals surface area contributed by atoms with Gasteiger partial charge in [0.25, 0.3) is 5.91 Å². The molecule has 0 bridgehead atoms. The van der Waals surface area contributed by atoms with Crippen molar-refractivity contribution in [2.75, 3.05) is 5.32 Å². The minimum atomic E-state index is -0.145. The maximum atomic E-state index is 11.7. The van der Waals surface area contributed by atoms with Crippen LogP contribution in [0.3, 0.4) is 0 Å². The lowest BCUT2D eigenvalue weighted by Gasteiger charge is -2.00. The molecular weight excluding hydrogens is 276 g/mol. The van der Waals surface area contributed by atoms with E-state index in [1.54, 1.807) is 17.5 Å². The number of nitrogens with one attached hydrogen (secondary N) is 1. The number of benzene rings is 1. The summed E-state index contributed by atoms with van der Waals surface area (Å²) in [7, 11) is 0. The number of rotatable bonds is 2. The standard InChI is InChI=1S/C10H7BrN2OS/c11-10-13-8(6-15-10)12-9(14)7-4-2-1-3-5-7/h1-6H,(H,12,14). The third-order valence-corrected chi connectivity index (χ3v) is 3.12. The molecule has 15 heavy (non-hydrogen) atoms. The maximum Gasteiger partial charge on any atom is 0.256 e. The second-order valence-electron chi connectivity index (χ2n) is 2.81. The molecule has 0 spiro atoms. The molecule has 2 rings (SSSR count). The molecule has 1 N–H and O–H groups in total. The average Bonchev–Trinajstić information content (AvgIpc) is 2.65. The zero-order chi connectivity index (χ0) is 10.7. The van der Waals surface area contributed by atoms with Crippen molar-refractivity contribution >= 4 is 39.0 Å². The van der Waals surface area contributed by atoms with Crippen LogP contribution >= 0.6 is 27.3 Å². The number of halogens is 1. The third-order valence-electron chi connectivity index (χ3n) is 1.75. The van der Waals surface area contributed by atoms with Crippen LogP contribution in [0.2, 0.25) is 0 Å². The van der Waals surface area contributed by atoms with Crippen LogP contribution < -0.4 is 5.32 Å². The van der Waals surface area contributed by atoms with E-state index in [9.17, 15) is 4.79 Å². The van der Waals surface area contributed by atoms with E-state index in [2.05, 4.69) is 26.2 Å². The van der Waals surface area contributed by atoms with Crippen LogP contribution in [-0.4, -0.2) is 10.9 Å². The first kappa shape index (κ1) is 10.3. The van der Waals surface area contributed by atoms with Gasteiger partial charge in [0.05, 0.1) is 0 Å². The van der Waals surface area contributed by atoms with E-state index < -0.39 is 0 Å². The Morgan fingerprint density at radius 2 is 2.07 bits per heavy atom. The second-order valence-corrected chi connectivity index (χ2v) is 4.94. The molecule has 1 heterocycles. The Morgan fingerprint density at radius 3 is 2.67 bits per heavy atom. The molecule has 0 saturated heterocycles. The molecule has 0 unspecified atom stereocenters. The molecule has 0 aliphatic rings. The number of thiazole rings is 1. The van der Waals surface area contributed by atoms with E-state index in [1.807, 2.05) is 18.2 Å². The highest BCUT2D eigenvalue weighted by Crippen LogP contribution is 2.19. The van der Waals surface area contributed by atoms with Gasteiger partial charge >= 0.3 is 0 Å². The normalized spacial score (nSPS) is 9.93. The number of aromatic nitrogens is 1. The zero-order valence-corrected chi connectivity index (χ0v) is 10.0. The number of anilines is 1. The second kappa shape index (κ2) is 4.55. The van der Waals surface area contributed by atoms with Gasteiger partial charge in [-0.15, -0.1) is 11.3 Å². The van der Waals surface area contributed by atoms with Gasteiger partial charge < -0.3 is 5.32 Å². The number of nitrogens with zero attached hydrogens (tertiary/aromatic N) is 1. The minimum Gasteiger partial charge on any atom is -0.306 e. The van der Waals surface area contributed by atoms with Gasteiger partial charge in [-0.05, 0) is 28.1 Å². The van der Waals surface area contributed by atoms with Gasteiger partial charge in [0.1, 0.15) is 5.82 Å². The predicted molar refractivity (Wildman–Crippen MR) is 64.2 cm³/mol. The van der Waals surface area contributed by atoms with E-state index >= 15 is 0 Å². The van der Waals surface area contributed by atoms with Gasteiger partial charge in [-0.2, -0.15) is 0 Å².